The van der Waals surface area contributed by atoms with Crippen LogP contribution in [-0.4, -0.2) is 41.5 Å². The van der Waals surface area contributed by atoms with E-state index in [4.69, 9.17) is 16.3 Å². The molecule has 1 amide bonds. The molecular weight excluding hydrogens is 328 g/mol. The van der Waals surface area contributed by atoms with Gasteiger partial charge < -0.3 is 14.6 Å². The molecule has 1 aromatic carbocycles. The molecule has 0 saturated carbocycles. The highest BCUT2D eigenvalue weighted by molar-refractivity contribution is 6.31. The first-order valence-electron chi connectivity index (χ1n) is 8.28. The molecule has 1 aromatic heterocycles. The number of aromatic nitrogens is 1. The second-order valence-electron chi connectivity index (χ2n) is 6.09. The number of benzene rings is 1. The summed E-state index contributed by atoms with van der Waals surface area (Å²) in [5.74, 6) is -0.144. The molecule has 24 heavy (non-hydrogen) atoms. The summed E-state index contributed by atoms with van der Waals surface area (Å²) in [7, 11) is 0. The van der Waals surface area contributed by atoms with Crippen molar-refractivity contribution in [3.05, 3.63) is 35.0 Å². The Hall–Kier alpha value is -2.01. The first-order chi connectivity index (χ1) is 11.6. The average molecular weight is 349 g/mol. The largest absolute Gasteiger partial charge is 0.466 e. The van der Waals surface area contributed by atoms with Crippen molar-refractivity contribution >= 4 is 34.4 Å². The quantitative estimate of drug-likeness (QED) is 0.863. The first kappa shape index (κ1) is 16.8. The minimum Gasteiger partial charge on any atom is -0.466 e. The molecular formula is C18H21ClN2O3. The Morgan fingerprint density at radius 1 is 1.33 bits per heavy atom. The van der Waals surface area contributed by atoms with Gasteiger partial charge in [0.1, 0.15) is 0 Å². The molecule has 6 heteroatoms. The number of esters is 1. The first-order valence-corrected chi connectivity index (χ1v) is 8.66. The van der Waals surface area contributed by atoms with Gasteiger partial charge in [-0.3, -0.25) is 9.59 Å². The van der Waals surface area contributed by atoms with Crippen LogP contribution in [0, 0.1) is 5.92 Å². The number of nitrogens with zero attached hydrogens (tertiary/aromatic N) is 1. The van der Waals surface area contributed by atoms with E-state index in [-0.39, 0.29) is 17.8 Å². The number of piperidine rings is 1. The van der Waals surface area contributed by atoms with E-state index in [1.165, 1.54) is 0 Å². The van der Waals surface area contributed by atoms with Crippen LogP contribution in [0.2, 0.25) is 5.02 Å². The van der Waals surface area contributed by atoms with E-state index < -0.39 is 0 Å². The SMILES string of the molecule is CCOC(=O)C1CCN(C(=O)Cc2c[nH]c3ccc(Cl)cc23)CC1. The van der Waals surface area contributed by atoms with E-state index in [1.807, 2.05) is 36.2 Å². The molecule has 128 valence electrons. The van der Waals surface area contributed by atoms with Crippen LogP contribution < -0.4 is 0 Å². The summed E-state index contributed by atoms with van der Waals surface area (Å²) >= 11 is 6.05. The number of rotatable bonds is 4. The number of fused-ring (bicyclic) bond motifs is 1. The van der Waals surface area contributed by atoms with Gasteiger partial charge in [0.15, 0.2) is 0 Å². The van der Waals surface area contributed by atoms with Crippen molar-refractivity contribution in [2.75, 3.05) is 19.7 Å². The summed E-state index contributed by atoms with van der Waals surface area (Å²) in [6.07, 6.45) is 3.54. The van der Waals surface area contributed by atoms with Gasteiger partial charge in [0, 0.05) is 35.2 Å². The highest BCUT2D eigenvalue weighted by Crippen LogP contribution is 2.24. The third kappa shape index (κ3) is 3.56. The smallest absolute Gasteiger partial charge is 0.309 e. The van der Waals surface area contributed by atoms with Gasteiger partial charge in [-0.2, -0.15) is 0 Å². The molecule has 1 aliphatic rings. The van der Waals surface area contributed by atoms with Crippen molar-refractivity contribution in [3.8, 4) is 0 Å². The number of carbonyl (C=O) groups is 2. The van der Waals surface area contributed by atoms with E-state index >= 15 is 0 Å². The number of hydrogen-bond acceptors (Lipinski definition) is 3. The fourth-order valence-electron chi connectivity index (χ4n) is 3.20. The van der Waals surface area contributed by atoms with Crippen molar-refractivity contribution in [2.45, 2.75) is 26.2 Å². The van der Waals surface area contributed by atoms with Crippen LogP contribution in [0.5, 0.6) is 0 Å². The van der Waals surface area contributed by atoms with Crippen LogP contribution in [0.1, 0.15) is 25.3 Å². The zero-order chi connectivity index (χ0) is 17.1. The average Bonchev–Trinajstić information content (AvgIpc) is 2.97. The maximum Gasteiger partial charge on any atom is 0.309 e. The molecule has 0 unspecified atom stereocenters. The number of amides is 1. The number of hydrogen-bond donors (Lipinski definition) is 1. The molecule has 1 saturated heterocycles. The second-order valence-corrected chi connectivity index (χ2v) is 6.52. The predicted molar refractivity (Wildman–Crippen MR) is 92.9 cm³/mol. The molecule has 0 radical (unpaired) electrons. The van der Waals surface area contributed by atoms with Crippen molar-refractivity contribution in [1.29, 1.82) is 0 Å². The lowest BCUT2D eigenvalue weighted by molar-refractivity contribution is -0.151. The lowest BCUT2D eigenvalue weighted by Crippen LogP contribution is -2.41. The fraction of sp³-hybridized carbons (Fsp3) is 0.444. The molecule has 1 N–H and O–H groups in total. The topological polar surface area (TPSA) is 62.4 Å². The van der Waals surface area contributed by atoms with Crippen LogP contribution in [0.4, 0.5) is 0 Å². The van der Waals surface area contributed by atoms with Crippen LogP contribution in [0.3, 0.4) is 0 Å². The predicted octanol–water partition coefficient (Wildman–Crippen LogP) is 3.17. The Kier molecular flexibility index (Phi) is 5.09. The van der Waals surface area contributed by atoms with Gasteiger partial charge in [-0.1, -0.05) is 11.6 Å². The molecule has 0 bridgehead atoms. The molecule has 5 nitrogen and oxygen atoms in total. The van der Waals surface area contributed by atoms with Crippen molar-refractivity contribution in [1.82, 2.24) is 9.88 Å². The number of ether oxygens (including phenoxy) is 1. The second kappa shape index (κ2) is 7.26. The van der Waals surface area contributed by atoms with Crippen LogP contribution >= 0.6 is 11.6 Å². The number of halogens is 1. The Bertz CT molecular complexity index is 748. The molecule has 0 atom stereocenters. The fourth-order valence-corrected chi connectivity index (χ4v) is 3.37. The van der Waals surface area contributed by atoms with Gasteiger partial charge in [0.25, 0.3) is 0 Å². The summed E-state index contributed by atoms with van der Waals surface area (Å²) in [6, 6.07) is 5.62. The summed E-state index contributed by atoms with van der Waals surface area (Å²) in [6.45, 7) is 3.42. The molecule has 0 aliphatic carbocycles. The van der Waals surface area contributed by atoms with E-state index in [9.17, 15) is 9.59 Å². The summed E-state index contributed by atoms with van der Waals surface area (Å²) in [5, 5.41) is 1.64. The molecule has 1 fully saturated rings. The van der Waals surface area contributed by atoms with Gasteiger partial charge >= 0.3 is 5.97 Å². The van der Waals surface area contributed by atoms with Crippen LogP contribution in [0.25, 0.3) is 10.9 Å². The molecule has 2 heterocycles. The third-order valence-electron chi connectivity index (χ3n) is 4.54. The minimum atomic E-state index is -0.143. The number of likely N-dealkylation sites (tertiary alicyclic amines) is 1. The monoisotopic (exact) mass is 348 g/mol. The van der Waals surface area contributed by atoms with Gasteiger partial charge in [0.2, 0.25) is 5.91 Å². The maximum atomic E-state index is 12.6. The molecule has 3 rings (SSSR count). The zero-order valence-corrected chi connectivity index (χ0v) is 14.4. The summed E-state index contributed by atoms with van der Waals surface area (Å²) in [5.41, 5.74) is 1.92. The van der Waals surface area contributed by atoms with Crippen LogP contribution in [0.15, 0.2) is 24.4 Å². The number of aromatic amines is 1. The summed E-state index contributed by atoms with van der Waals surface area (Å²) < 4.78 is 5.06. The lowest BCUT2D eigenvalue weighted by atomic mass is 9.96. The zero-order valence-electron chi connectivity index (χ0n) is 13.7. The van der Waals surface area contributed by atoms with E-state index in [0.717, 1.165) is 16.5 Å². The Morgan fingerprint density at radius 3 is 2.79 bits per heavy atom. The normalized spacial score (nSPS) is 15.7. The van der Waals surface area contributed by atoms with Crippen molar-refractivity contribution in [3.63, 3.8) is 0 Å². The minimum absolute atomic E-state index is 0.0817. The Morgan fingerprint density at radius 2 is 2.08 bits per heavy atom. The maximum absolute atomic E-state index is 12.6. The number of carbonyl (C=O) groups excluding carboxylic acids is 2. The van der Waals surface area contributed by atoms with Gasteiger partial charge in [-0.05, 0) is 43.5 Å². The third-order valence-corrected chi connectivity index (χ3v) is 4.77. The number of nitrogens with one attached hydrogen (secondary N) is 1. The standard InChI is InChI=1S/C18H21ClN2O3/c1-2-24-18(23)12-5-7-21(8-6-12)17(22)9-13-11-20-16-4-3-14(19)10-15(13)16/h3-4,10-12,20H,2,5-9H2,1H3. The van der Waals surface area contributed by atoms with E-state index in [2.05, 4.69) is 4.98 Å². The molecule has 1 aliphatic heterocycles. The van der Waals surface area contributed by atoms with Gasteiger partial charge in [-0.25, -0.2) is 0 Å². The Balaban J connectivity index is 1.61. The van der Waals surface area contributed by atoms with Gasteiger partial charge in [0.05, 0.1) is 18.9 Å². The Labute approximate surface area is 145 Å². The lowest BCUT2D eigenvalue weighted by Gasteiger charge is -2.31. The highest BCUT2D eigenvalue weighted by atomic mass is 35.5. The van der Waals surface area contributed by atoms with Crippen molar-refractivity contribution < 1.29 is 14.3 Å². The van der Waals surface area contributed by atoms with E-state index in [0.29, 0.717) is 44.0 Å². The van der Waals surface area contributed by atoms with E-state index in [1.54, 1.807) is 0 Å². The van der Waals surface area contributed by atoms with Gasteiger partial charge in [-0.15, -0.1) is 0 Å². The molecule has 2 aromatic rings. The number of H-pyrrole nitrogens is 1. The summed E-state index contributed by atoms with van der Waals surface area (Å²) in [4.78, 5) is 29.3. The molecule has 0 spiro atoms. The van der Waals surface area contributed by atoms with Crippen molar-refractivity contribution in [2.24, 2.45) is 5.92 Å². The highest BCUT2D eigenvalue weighted by Gasteiger charge is 2.28. The van der Waals surface area contributed by atoms with Crippen LogP contribution in [-0.2, 0) is 20.7 Å².